The lowest BCUT2D eigenvalue weighted by Gasteiger charge is -2.31. The topological polar surface area (TPSA) is 58.6 Å². The van der Waals surface area contributed by atoms with Crippen LogP contribution in [0.3, 0.4) is 0 Å². The minimum Gasteiger partial charge on any atom is -0.484 e. The summed E-state index contributed by atoms with van der Waals surface area (Å²) in [5, 5.41) is 2.72. The minimum atomic E-state index is -0.671. The lowest BCUT2D eigenvalue weighted by Crippen LogP contribution is -2.51. The van der Waals surface area contributed by atoms with Crippen LogP contribution in [0.4, 0.5) is 0 Å². The lowest BCUT2D eigenvalue weighted by atomic mass is 10.0. The molecule has 1 atom stereocenters. The molecular weight excluding hydrogens is 468 g/mol. The van der Waals surface area contributed by atoms with E-state index in [1.54, 1.807) is 11.9 Å². The van der Waals surface area contributed by atoms with Gasteiger partial charge in [0.2, 0.25) is 5.91 Å². The Morgan fingerprint density at radius 3 is 2.38 bits per heavy atom. The molecule has 0 aliphatic heterocycles. The van der Waals surface area contributed by atoms with Crippen molar-refractivity contribution in [2.24, 2.45) is 0 Å². The maximum Gasteiger partial charge on any atom is 0.261 e. The van der Waals surface area contributed by atoms with Gasteiger partial charge in [0.25, 0.3) is 5.91 Å². The van der Waals surface area contributed by atoms with Gasteiger partial charge in [0, 0.05) is 24.5 Å². The Hall–Kier alpha value is -3.12. The fourth-order valence-corrected chi connectivity index (χ4v) is 3.93. The van der Waals surface area contributed by atoms with Crippen LogP contribution in [-0.4, -0.2) is 36.4 Å². The van der Waals surface area contributed by atoms with Crippen LogP contribution in [0.5, 0.6) is 5.75 Å². The third-order valence-corrected chi connectivity index (χ3v) is 5.60. The van der Waals surface area contributed by atoms with Crippen molar-refractivity contribution in [1.82, 2.24) is 10.2 Å². The third kappa shape index (κ3) is 6.69. The van der Waals surface area contributed by atoms with Gasteiger partial charge in [-0.1, -0.05) is 70.5 Å². The molecule has 0 saturated carbocycles. The molecule has 3 rings (SSSR count). The molecule has 3 aromatic carbocycles. The Balaban J connectivity index is 1.87. The molecular formula is C26H27BrN2O3. The fraction of sp³-hybridized carbons (Fsp3) is 0.231. The molecule has 0 aromatic heterocycles. The highest BCUT2D eigenvalue weighted by atomic mass is 79.9. The van der Waals surface area contributed by atoms with E-state index in [1.807, 2.05) is 85.8 Å². The van der Waals surface area contributed by atoms with Crippen LogP contribution in [0.25, 0.3) is 0 Å². The summed E-state index contributed by atoms with van der Waals surface area (Å²) in [6, 6.07) is 24.3. The van der Waals surface area contributed by atoms with Crippen molar-refractivity contribution in [2.75, 3.05) is 13.7 Å². The molecule has 6 heteroatoms. The number of halogens is 1. The lowest BCUT2D eigenvalue weighted by molar-refractivity contribution is -0.142. The molecule has 32 heavy (non-hydrogen) atoms. The van der Waals surface area contributed by atoms with E-state index in [-0.39, 0.29) is 18.4 Å². The highest BCUT2D eigenvalue weighted by Crippen LogP contribution is 2.19. The summed E-state index contributed by atoms with van der Waals surface area (Å²) in [6.07, 6.45) is 0.407. The maximum absolute atomic E-state index is 13.4. The highest BCUT2D eigenvalue weighted by Gasteiger charge is 2.30. The van der Waals surface area contributed by atoms with Gasteiger partial charge in [0.1, 0.15) is 11.8 Å². The average molecular weight is 495 g/mol. The van der Waals surface area contributed by atoms with E-state index < -0.39 is 6.04 Å². The maximum atomic E-state index is 13.4. The number of carbonyl (C=O) groups excluding carboxylic acids is 2. The summed E-state index contributed by atoms with van der Waals surface area (Å²) in [7, 11) is 1.59. The molecule has 0 fully saturated rings. The van der Waals surface area contributed by atoms with E-state index in [0.29, 0.717) is 18.7 Å². The average Bonchev–Trinajstić information content (AvgIpc) is 2.80. The molecule has 0 saturated heterocycles. The smallest absolute Gasteiger partial charge is 0.261 e. The van der Waals surface area contributed by atoms with Gasteiger partial charge >= 0.3 is 0 Å². The van der Waals surface area contributed by atoms with E-state index in [9.17, 15) is 9.59 Å². The van der Waals surface area contributed by atoms with E-state index in [4.69, 9.17) is 4.74 Å². The number of amides is 2. The first-order valence-corrected chi connectivity index (χ1v) is 11.2. The van der Waals surface area contributed by atoms with Crippen LogP contribution < -0.4 is 10.1 Å². The molecule has 0 spiro atoms. The van der Waals surface area contributed by atoms with Crippen molar-refractivity contribution in [3.05, 3.63) is 100 Å². The van der Waals surface area contributed by atoms with Crippen LogP contribution in [0.2, 0.25) is 0 Å². The Morgan fingerprint density at radius 1 is 0.969 bits per heavy atom. The molecule has 1 N–H and O–H groups in total. The van der Waals surface area contributed by atoms with Gasteiger partial charge in [-0.05, 0) is 47.9 Å². The summed E-state index contributed by atoms with van der Waals surface area (Å²) in [5.74, 6) is 0.157. The third-order valence-electron chi connectivity index (χ3n) is 5.11. The second-order valence-corrected chi connectivity index (χ2v) is 8.49. The van der Waals surface area contributed by atoms with E-state index in [2.05, 4.69) is 21.2 Å². The minimum absolute atomic E-state index is 0.153. The Bertz CT molecular complexity index is 1060. The van der Waals surface area contributed by atoms with Crippen LogP contribution in [0, 0.1) is 6.92 Å². The van der Waals surface area contributed by atoms with Gasteiger partial charge in [-0.3, -0.25) is 9.59 Å². The van der Waals surface area contributed by atoms with Gasteiger partial charge in [0.05, 0.1) is 0 Å². The molecule has 0 heterocycles. The number of hydrogen-bond acceptors (Lipinski definition) is 3. The molecule has 166 valence electrons. The summed E-state index contributed by atoms with van der Waals surface area (Å²) in [6.45, 7) is 2.11. The first-order chi connectivity index (χ1) is 15.5. The fourth-order valence-electron chi connectivity index (χ4n) is 3.49. The van der Waals surface area contributed by atoms with Gasteiger partial charge in [-0.15, -0.1) is 0 Å². The molecule has 3 aromatic rings. The number of carbonyl (C=O) groups is 2. The van der Waals surface area contributed by atoms with Crippen molar-refractivity contribution in [2.45, 2.75) is 25.9 Å². The molecule has 2 amide bonds. The zero-order valence-corrected chi connectivity index (χ0v) is 19.8. The number of nitrogens with zero attached hydrogens (tertiary/aromatic N) is 1. The first kappa shape index (κ1) is 23.5. The molecule has 0 aliphatic carbocycles. The van der Waals surface area contributed by atoms with Crippen LogP contribution in [-0.2, 0) is 22.6 Å². The number of rotatable bonds is 9. The quantitative estimate of drug-likeness (QED) is 0.475. The molecule has 5 nitrogen and oxygen atoms in total. The molecule has 0 unspecified atom stereocenters. The van der Waals surface area contributed by atoms with Crippen molar-refractivity contribution in [3.63, 3.8) is 0 Å². The van der Waals surface area contributed by atoms with Crippen molar-refractivity contribution < 1.29 is 14.3 Å². The number of likely N-dealkylation sites (N-methyl/N-ethyl adjacent to an activating group) is 1. The van der Waals surface area contributed by atoms with E-state index >= 15 is 0 Å². The number of ether oxygens (including phenoxy) is 1. The summed E-state index contributed by atoms with van der Waals surface area (Å²) < 4.78 is 6.69. The molecule has 0 aliphatic rings. The van der Waals surface area contributed by atoms with Gasteiger partial charge < -0.3 is 15.0 Å². The van der Waals surface area contributed by atoms with Gasteiger partial charge in [-0.2, -0.15) is 0 Å². The highest BCUT2D eigenvalue weighted by molar-refractivity contribution is 9.10. The second kappa shape index (κ2) is 11.5. The summed E-state index contributed by atoms with van der Waals surface area (Å²) in [5.41, 5.74) is 2.95. The monoisotopic (exact) mass is 494 g/mol. The van der Waals surface area contributed by atoms with Crippen LogP contribution in [0.1, 0.15) is 16.7 Å². The van der Waals surface area contributed by atoms with E-state index in [1.165, 1.54) is 0 Å². The standard InChI is InChI=1S/C26H27BrN2O3/c1-19-8-6-13-23(14-19)32-18-25(30)29(17-21-11-7-12-22(27)15-21)24(26(31)28-2)16-20-9-4-3-5-10-20/h3-15,24H,16-18H2,1-2H3,(H,28,31)/t24-/m0/s1. The van der Waals surface area contributed by atoms with Crippen molar-refractivity contribution in [1.29, 1.82) is 0 Å². The SMILES string of the molecule is CNC(=O)[C@H](Cc1ccccc1)N(Cc1cccc(Br)c1)C(=O)COc1cccc(C)c1. The summed E-state index contributed by atoms with van der Waals surface area (Å²) >= 11 is 3.48. The largest absolute Gasteiger partial charge is 0.484 e. The van der Waals surface area contributed by atoms with Crippen LogP contribution >= 0.6 is 15.9 Å². The summed E-state index contributed by atoms with van der Waals surface area (Å²) in [4.78, 5) is 27.8. The zero-order valence-electron chi connectivity index (χ0n) is 18.3. The molecule has 0 bridgehead atoms. The van der Waals surface area contributed by atoms with Crippen molar-refractivity contribution in [3.8, 4) is 5.75 Å². The van der Waals surface area contributed by atoms with Gasteiger partial charge in [-0.25, -0.2) is 0 Å². The Kier molecular flexibility index (Phi) is 8.45. The number of nitrogens with one attached hydrogen (secondary N) is 1. The number of hydrogen-bond donors (Lipinski definition) is 1. The second-order valence-electron chi connectivity index (χ2n) is 7.58. The predicted molar refractivity (Wildman–Crippen MR) is 129 cm³/mol. The Morgan fingerprint density at radius 2 is 1.69 bits per heavy atom. The number of benzene rings is 3. The van der Waals surface area contributed by atoms with E-state index in [0.717, 1.165) is 21.2 Å². The van der Waals surface area contributed by atoms with Gasteiger partial charge in [0.15, 0.2) is 6.61 Å². The normalized spacial score (nSPS) is 11.5. The predicted octanol–water partition coefficient (Wildman–Crippen LogP) is 4.52. The Labute approximate surface area is 197 Å². The molecule has 0 radical (unpaired) electrons. The number of aryl methyl sites for hydroxylation is 1. The van der Waals surface area contributed by atoms with Crippen LogP contribution in [0.15, 0.2) is 83.3 Å². The van der Waals surface area contributed by atoms with Crippen molar-refractivity contribution >= 4 is 27.7 Å². The zero-order chi connectivity index (χ0) is 22.9. The first-order valence-electron chi connectivity index (χ1n) is 10.4.